The Kier molecular flexibility index (Phi) is 6.44. The summed E-state index contributed by atoms with van der Waals surface area (Å²) in [5, 5.41) is 2.77. The van der Waals surface area contributed by atoms with Gasteiger partial charge in [-0.25, -0.2) is 0 Å². The number of nitrogens with one attached hydrogen (secondary N) is 3. The van der Waals surface area contributed by atoms with Crippen molar-refractivity contribution in [3.63, 3.8) is 0 Å². The third-order valence-corrected chi connectivity index (χ3v) is 6.61. The van der Waals surface area contributed by atoms with Crippen LogP contribution >= 0.6 is 11.3 Å². The van der Waals surface area contributed by atoms with Crippen molar-refractivity contribution in [1.82, 2.24) is 10.9 Å². The maximum absolute atomic E-state index is 12.5. The molecular formula is C22H25N3O4S. The number of fused-ring (bicyclic) bond motifs is 1. The number of hydrazine groups is 1. The molecule has 7 nitrogen and oxygen atoms in total. The molecule has 1 aliphatic carbocycles. The smallest absolute Gasteiger partial charge is 0.279 e. The van der Waals surface area contributed by atoms with Crippen LogP contribution in [-0.4, -0.2) is 30.4 Å². The quantitative estimate of drug-likeness (QED) is 0.516. The number of amides is 3. The predicted molar refractivity (Wildman–Crippen MR) is 115 cm³/mol. The number of benzene rings is 1. The lowest BCUT2D eigenvalue weighted by Crippen LogP contribution is -2.41. The lowest BCUT2D eigenvalue weighted by atomic mass is 10.1. The first-order valence-electron chi connectivity index (χ1n) is 10.3. The van der Waals surface area contributed by atoms with E-state index in [1.807, 2.05) is 6.07 Å². The van der Waals surface area contributed by atoms with Gasteiger partial charge in [0.25, 0.3) is 17.7 Å². The number of hydrogen-bond acceptors (Lipinski definition) is 5. The van der Waals surface area contributed by atoms with Gasteiger partial charge >= 0.3 is 0 Å². The average Bonchev–Trinajstić information content (AvgIpc) is 3.38. The number of ether oxygens (including phenoxy) is 1. The van der Waals surface area contributed by atoms with Crippen LogP contribution in [-0.2, 0) is 22.4 Å². The van der Waals surface area contributed by atoms with Crippen LogP contribution in [0.15, 0.2) is 30.3 Å². The van der Waals surface area contributed by atoms with Crippen LogP contribution in [0.3, 0.4) is 0 Å². The highest BCUT2D eigenvalue weighted by Crippen LogP contribution is 2.28. The van der Waals surface area contributed by atoms with E-state index in [1.165, 1.54) is 28.2 Å². The second kappa shape index (κ2) is 9.40. The Morgan fingerprint density at radius 1 is 0.967 bits per heavy atom. The largest absolute Gasteiger partial charge is 0.368 e. The van der Waals surface area contributed by atoms with Gasteiger partial charge in [0.1, 0.15) is 6.10 Å². The maximum Gasteiger partial charge on any atom is 0.279 e. The Hall–Kier alpha value is -2.71. The zero-order valence-electron chi connectivity index (χ0n) is 16.7. The van der Waals surface area contributed by atoms with Crippen LogP contribution in [0.25, 0.3) is 0 Å². The molecule has 1 aromatic heterocycles. The molecule has 1 unspecified atom stereocenters. The molecule has 0 saturated carbocycles. The fourth-order valence-corrected chi connectivity index (χ4v) is 4.92. The molecule has 2 aromatic rings. The summed E-state index contributed by atoms with van der Waals surface area (Å²) in [6.07, 6.45) is 6.69. The van der Waals surface area contributed by atoms with Crippen LogP contribution in [0.4, 0.5) is 5.69 Å². The fraction of sp³-hybridized carbons (Fsp3) is 0.409. The van der Waals surface area contributed by atoms with Crippen molar-refractivity contribution in [2.45, 2.75) is 51.0 Å². The molecule has 0 spiro atoms. The van der Waals surface area contributed by atoms with E-state index in [2.05, 4.69) is 16.2 Å². The van der Waals surface area contributed by atoms with E-state index < -0.39 is 12.0 Å². The van der Waals surface area contributed by atoms with E-state index in [0.717, 1.165) is 32.1 Å². The van der Waals surface area contributed by atoms with E-state index in [1.54, 1.807) is 24.3 Å². The van der Waals surface area contributed by atoms with Crippen molar-refractivity contribution < 1.29 is 19.1 Å². The average molecular weight is 428 g/mol. The number of aryl methyl sites for hydroxylation is 2. The third-order valence-electron chi connectivity index (χ3n) is 5.37. The Morgan fingerprint density at radius 3 is 2.63 bits per heavy atom. The second-order valence-electron chi connectivity index (χ2n) is 7.60. The number of carbonyl (C=O) groups is 3. The van der Waals surface area contributed by atoms with E-state index in [0.29, 0.717) is 29.2 Å². The highest BCUT2D eigenvalue weighted by atomic mass is 32.1. The fourth-order valence-electron chi connectivity index (χ4n) is 3.77. The van der Waals surface area contributed by atoms with Gasteiger partial charge in [-0.1, -0.05) is 12.5 Å². The van der Waals surface area contributed by atoms with Gasteiger partial charge in [-0.05, 0) is 68.4 Å². The Balaban J connectivity index is 1.33. The van der Waals surface area contributed by atoms with Crippen LogP contribution in [0.5, 0.6) is 0 Å². The van der Waals surface area contributed by atoms with Gasteiger partial charge < -0.3 is 10.1 Å². The molecule has 3 N–H and O–H groups in total. The normalized spacial score (nSPS) is 18.2. The molecule has 1 aromatic carbocycles. The van der Waals surface area contributed by atoms with Crippen molar-refractivity contribution in [2.75, 3.05) is 11.9 Å². The van der Waals surface area contributed by atoms with Crippen molar-refractivity contribution in [3.05, 3.63) is 51.2 Å². The molecule has 0 radical (unpaired) electrons. The minimum Gasteiger partial charge on any atom is -0.368 e. The van der Waals surface area contributed by atoms with Crippen LogP contribution < -0.4 is 16.2 Å². The molecular weight excluding hydrogens is 402 g/mol. The molecule has 158 valence electrons. The van der Waals surface area contributed by atoms with E-state index in [9.17, 15) is 14.4 Å². The monoisotopic (exact) mass is 427 g/mol. The minimum absolute atomic E-state index is 0.212. The highest BCUT2D eigenvalue weighted by molar-refractivity contribution is 7.14. The summed E-state index contributed by atoms with van der Waals surface area (Å²) in [4.78, 5) is 39.0. The molecule has 8 heteroatoms. The molecule has 0 bridgehead atoms. The van der Waals surface area contributed by atoms with E-state index in [4.69, 9.17) is 4.74 Å². The zero-order chi connectivity index (χ0) is 20.9. The summed E-state index contributed by atoms with van der Waals surface area (Å²) in [6.45, 7) is 0.591. The van der Waals surface area contributed by atoms with Crippen molar-refractivity contribution >= 4 is 34.7 Å². The van der Waals surface area contributed by atoms with Gasteiger partial charge in [0.2, 0.25) is 0 Å². The van der Waals surface area contributed by atoms with Crippen LogP contribution in [0, 0.1) is 0 Å². The van der Waals surface area contributed by atoms with Crippen LogP contribution in [0.2, 0.25) is 0 Å². The first kappa shape index (κ1) is 20.6. The van der Waals surface area contributed by atoms with E-state index in [-0.39, 0.29) is 11.8 Å². The lowest BCUT2D eigenvalue weighted by Gasteiger charge is -2.11. The Bertz CT molecular complexity index is 926. The lowest BCUT2D eigenvalue weighted by molar-refractivity contribution is -0.124. The zero-order valence-corrected chi connectivity index (χ0v) is 17.5. The van der Waals surface area contributed by atoms with Crippen molar-refractivity contribution in [2.24, 2.45) is 0 Å². The van der Waals surface area contributed by atoms with Gasteiger partial charge in [-0.15, -0.1) is 11.3 Å². The topological polar surface area (TPSA) is 96.5 Å². The molecule has 3 amide bonds. The molecule has 30 heavy (non-hydrogen) atoms. The number of carbonyl (C=O) groups excluding carboxylic acids is 3. The van der Waals surface area contributed by atoms with Gasteiger partial charge in [-0.3, -0.25) is 25.2 Å². The van der Waals surface area contributed by atoms with Gasteiger partial charge in [-0.2, -0.15) is 0 Å². The SMILES string of the molecule is O=C(NNC(=O)c1cc2c(s1)CCCCC2)c1cccc(NC(=O)C2CCCO2)c1. The standard InChI is InChI=1S/C22H25N3O4S/c26-20(15-7-4-8-16(12-15)23-21(27)17-9-5-11-29-17)24-25-22(28)19-13-14-6-2-1-3-10-18(14)30-19/h4,7-8,12-13,17H,1-3,5-6,9-11H2,(H,23,27)(H,24,26)(H,25,28). The summed E-state index contributed by atoms with van der Waals surface area (Å²) in [5.41, 5.74) is 7.05. The van der Waals surface area contributed by atoms with E-state index >= 15 is 0 Å². The molecule has 2 heterocycles. The summed E-state index contributed by atoms with van der Waals surface area (Å²) in [7, 11) is 0. The summed E-state index contributed by atoms with van der Waals surface area (Å²) >= 11 is 1.50. The first-order chi connectivity index (χ1) is 14.6. The number of anilines is 1. The summed E-state index contributed by atoms with van der Waals surface area (Å²) in [5.74, 6) is -0.977. The van der Waals surface area contributed by atoms with Gasteiger partial charge in [0.05, 0.1) is 4.88 Å². The molecule has 1 aliphatic heterocycles. The maximum atomic E-state index is 12.5. The van der Waals surface area contributed by atoms with Crippen molar-refractivity contribution in [3.8, 4) is 0 Å². The summed E-state index contributed by atoms with van der Waals surface area (Å²) in [6, 6.07) is 8.52. The molecule has 4 rings (SSSR count). The van der Waals surface area contributed by atoms with Crippen molar-refractivity contribution in [1.29, 1.82) is 0 Å². The Labute approximate surface area is 179 Å². The second-order valence-corrected chi connectivity index (χ2v) is 8.74. The molecule has 2 aliphatic rings. The van der Waals surface area contributed by atoms with Crippen LogP contribution in [0.1, 0.15) is 62.6 Å². The highest BCUT2D eigenvalue weighted by Gasteiger charge is 2.23. The molecule has 1 atom stereocenters. The molecule has 1 fully saturated rings. The minimum atomic E-state index is -0.449. The first-order valence-corrected chi connectivity index (χ1v) is 11.2. The number of thiophene rings is 1. The van der Waals surface area contributed by atoms with Gasteiger partial charge in [0.15, 0.2) is 0 Å². The predicted octanol–water partition coefficient (Wildman–Crippen LogP) is 3.21. The Morgan fingerprint density at radius 2 is 1.80 bits per heavy atom. The number of rotatable bonds is 4. The third kappa shape index (κ3) is 4.88. The molecule has 1 saturated heterocycles. The number of hydrogen-bond donors (Lipinski definition) is 3. The summed E-state index contributed by atoms with van der Waals surface area (Å²) < 4.78 is 5.37. The van der Waals surface area contributed by atoms with Gasteiger partial charge in [0, 0.05) is 22.7 Å².